The number of ether oxygens (including phenoxy) is 1. The van der Waals surface area contributed by atoms with Crippen LogP contribution in [0.15, 0.2) is 18.3 Å². The summed E-state index contributed by atoms with van der Waals surface area (Å²) in [5.41, 5.74) is 0.440. The Labute approximate surface area is 111 Å². The summed E-state index contributed by atoms with van der Waals surface area (Å²) in [6.45, 7) is 0.760. The van der Waals surface area contributed by atoms with Crippen molar-refractivity contribution in [2.45, 2.75) is 18.9 Å². The molecule has 1 unspecified atom stereocenters. The van der Waals surface area contributed by atoms with Crippen molar-refractivity contribution in [3.05, 3.63) is 23.9 Å². The summed E-state index contributed by atoms with van der Waals surface area (Å²) >= 11 is 0. The molecule has 2 heterocycles. The van der Waals surface area contributed by atoms with Gasteiger partial charge >= 0.3 is 5.97 Å². The summed E-state index contributed by atoms with van der Waals surface area (Å²) in [5.74, 6) is 0.205. The van der Waals surface area contributed by atoms with Gasteiger partial charge in [-0.25, -0.2) is 9.78 Å². The second-order valence-electron chi connectivity index (χ2n) is 4.36. The molecular weight excluding hydrogens is 246 g/mol. The van der Waals surface area contributed by atoms with Crippen LogP contribution in [0.1, 0.15) is 23.2 Å². The van der Waals surface area contributed by atoms with Crippen molar-refractivity contribution in [2.75, 3.05) is 25.6 Å². The number of hydrogen-bond donors (Lipinski definition) is 1. The first-order valence-electron chi connectivity index (χ1n) is 6.20. The molecule has 0 saturated carbocycles. The molecule has 1 aromatic heterocycles. The summed E-state index contributed by atoms with van der Waals surface area (Å²) in [6.07, 6.45) is 3.28. The highest BCUT2D eigenvalue weighted by Gasteiger charge is 2.31. The maximum atomic E-state index is 11.8. The number of carbonyl (C=O) groups is 2. The molecule has 19 heavy (non-hydrogen) atoms. The van der Waals surface area contributed by atoms with Crippen LogP contribution in [-0.4, -0.2) is 43.6 Å². The molecule has 0 aromatic carbocycles. The van der Waals surface area contributed by atoms with E-state index >= 15 is 0 Å². The van der Waals surface area contributed by atoms with Crippen LogP contribution in [-0.2, 0) is 9.53 Å². The normalized spacial score (nSPS) is 18.2. The Morgan fingerprint density at radius 1 is 1.53 bits per heavy atom. The Bertz CT molecular complexity index is 490. The third-order valence-electron chi connectivity index (χ3n) is 3.26. The van der Waals surface area contributed by atoms with Crippen molar-refractivity contribution in [2.24, 2.45) is 0 Å². The third kappa shape index (κ3) is 2.67. The fraction of sp³-hybridized carbons (Fsp3) is 0.462. The van der Waals surface area contributed by atoms with Crippen LogP contribution in [0, 0.1) is 0 Å². The van der Waals surface area contributed by atoms with Crippen LogP contribution in [0.25, 0.3) is 0 Å². The molecule has 6 nitrogen and oxygen atoms in total. The molecule has 102 valence electrons. The summed E-state index contributed by atoms with van der Waals surface area (Å²) in [6, 6.07) is 3.04. The monoisotopic (exact) mass is 263 g/mol. The second kappa shape index (κ2) is 5.69. The standard InChI is InChI=1S/C13H17N3O3/c1-14-12(17)10-4-3-7-16(10)11-8-9(5-6-15-11)13(18)19-2/h5-6,8,10H,3-4,7H2,1-2H3,(H,14,17). The molecule has 0 bridgehead atoms. The number of nitrogens with zero attached hydrogens (tertiary/aromatic N) is 2. The zero-order valence-corrected chi connectivity index (χ0v) is 11.0. The molecule has 1 aliphatic rings. The SMILES string of the molecule is CNC(=O)C1CCCN1c1cc(C(=O)OC)ccn1. The minimum absolute atomic E-state index is 0.0252. The molecule has 0 radical (unpaired) electrons. The molecule has 1 saturated heterocycles. The predicted molar refractivity (Wildman–Crippen MR) is 70.0 cm³/mol. The zero-order chi connectivity index (χ0) is 13.8. The third-order valence-corrected chi connectivity index (χ3v) is 3.26. The van der Waals surface area contributed by atoms with Gasteiger partial charge in [-0.15, -0.1) is 0 Å². The number of esters is 1. The van der Waals surface area contributed by atoms with Crippen LogP contribution in [0.5, 0.6) is 0 Å². The van der Waals surface area contributed by atoms with Gasteiger partial charge in [0.05, 0.1) is 12.7 Å². The van der Waals surface area contributed by atoms with Crippen molar-refractivity contribution >= 4 is 17.7 Å². The summed E-state index contributed by atoms with van der Waals surface area (Å²) < 4.78 is 4.68. The van der Waals surface area contributed by atoms with Gasteiger partial charge in [0.25, 0.3) is 0 Å². The van der Waals surface area contributed by atoms with Crippen LogP contribution in [0.3, 0.4) is 0 Å². The van der Waals surface area contributed by atoms with Gasteiger partial charge in [0, 0.05) is 19.8 Å². The number of nitrogens with one attached hydrogen (secondary N) is 1. The van der Waals surface area contributed by atoms with E-state index in [4.69, 9.17) is 0 Å². The largest absolute Gasteiger partial charge is 0.465 e. The average Bonchev–Trinajstić information content (AvgIpc) is 2.95. The highest BCUT2D eigenvalue weighted by molar-refractivity contribution is 5.90. The number of pyridine rings is 1. The van der Waals surface area contributed by atoms with Crippen LogP contribution >= 0.6 is 0 Å². The number of hydrogen-bond acceptors (Lipinski definition) is 5. The number of likely N-dealkylation sites (N-methyl/N-ethyl adjacent to an activating group) is 1. The first-order chi connectivity index (χ1) is 9.17. The van der Waals surface area contributed by atoms with Crippen molar-refractivity contribution in [3.63, 3.8) is 0 Å². The van der Waals surface area contributed by atoms with E-state index in [0.29, 0.717) is 11.4 Å². The van der Waals surface area contributed by atoms with Gasteiger partial charge in [0.2, 0.25) is 5.91 Å². The van der Waals surface area contributed by atoms with Gasteiger partial charge < -0.3 is 15.0 Å². The Balaban J connectivity index is 2.26. The van der Waals surface area contributed by atoms with E-state index in [9.17, 15) is 9.59 Å². The first kappa shape index (κ1) is 13.3. The zero-order valence-electron chi connectivity index (χ0n) is 11.0. The number of methoxy groups -OCH3 is 1. The van der Waals surface area contributed by atoms with Crippen molar-refractivity contribution in [3.8, 4) is 0 Å². The minimum Gasteiger partial charge on any atom is -0.465 e. The minimum atomic E-state index is -0.403. The summed E-state index contributed by atoms with van der Waals surface area (Å²) in [4.78, 5) is 29.5. The van der Waals surface area contributed by atoms with Gasteiger partial charge in [-0.05, 0) is 25.0 Å². The fourth-order valence-corrected chi connectivity index (χ4v) is 2.30. The number of anilines is 1. The molecule has 2 rings (SSSR count). The quantitative estimate of drug-likeness (QED) is 0.808. The lowest BCUT2D eigenvalue weighted by Gasteiger charge is -2.24. The van der Waals surface area contributed by atoms with Gasteiger partial charge in [-0.3, -0.25) is 4.79 Å². The Hall–Kier alpha value is -2.11. The van der Waals surface area contributed by atoms with Crippen LogP contribution in [0.4, 0.5) is 5.82 Å². The maximum Gasteiger partial charge on any atom is 0.338 e. The highest BCUT2D eigenvalue weighted by Crippen LogP contribution is 2.24. The summed E-state index contributed by atoms with van der Waals surface area (Å²) in [7, 11) is 2.96. The molecule has 1 aliphatic heterocycles. The smallest absolute Gasteiger partial charge is 0.338 e. The summed E-state index contributed by atoms with van der Waals surface area (Å²) in [5, 5.41) is 2.66. The first-order valence-corrected chi connectivity index (χ1v) is 6.20. The van der Waals surface area contributed by atoms with Gasteiger partial charge in [-0.1, -0.05) is 0 Å². The van der Waals surface area contributed by atoms with E-state index in [0.717, 1.165) is 19.4 Å². The molecule has 1 amide bonds. The number of aromatic nitrogens is 1. The lowest BCUT2D eigenvalue weighted by molar-refractivity contribution is -0.121. The Morgan fingerprint density at radius 2 is 2.32 bits per heavy atom. The lowest BCUT2D eigenvalue weighted by Crippen LogP contribution is -2.42. The topological polar surface area (TPSA) is 71.5 Å². The average molecular weight is 263 g/mol. The Kier molecular flexibility index (Phi) is 3.99. The van der Waals surface area contributed by atoms with Crippen molar-refractivity contribution in [1.29, 1.82) is 0 Å². The predicted octanol–water partition coefficient (Wildman–Crippen LogP) is 0.583. The van der Waals surface area contributed by atoms with Gasteiger partial charge in [0.15, 0.2) is 0 Å². The van der Waals surface area contributed by atoms with E-state index < -0.39 is 5.97 Å². The molecule has 0 aliphatic carbocycles. The lowest BCUT2D eigenvalue weighted by atomic mass is 10.2. The van der Waals surface area contributed by atoms with Gasteiger partial charge in [-0.2, -0.15) is 0 Å². The molecule has 0 spiro atoms. The van der Waals surface area contributed by atoms with E-state index in [1.807, 2.05) is 4.90 Å². The number of amides is 1. The van der Waals surface area contributed by atoms with Crippen molar-refractivity contribution in [1.82, 2.24) is 10.3 Å². The Morgan fingerprint density at radius 3 is 3.00 bits per heavy atom. The molecule has 1 fully saturated rings. The van der Waals surface area contributed by atoms with Crippen LogP contribution in [0.2, 0.25) is 0 Å². The van der Waals surface area contributed by atoms with Gasteiger partial charge in [0.1, 0.15) is 11.9 Å². The van der Waals surface area contributed by atoms with E-state index in [2.05, 4.69) is 15.0 Å². The van der Waals surface area contributed by atoms with E-state index in [1.54, 1.807) is 25.4 Å². The number of carbonyl (C=O) groups excluding carboxylic acids is 2. The number of rotatable bonds is 3. The molecule has 1 N–H and O–H groups in total. The maximum absolute atomic E-state index is 11.8. The fourth-order valence-electron chi connectivity index (χ4n) is 2.30. The van der Waals surface area contributed by atoms with E-state index in [-0.39, 0.29) is 11.9 Å². The van der Waals surface area contributed by atoms with E-state index in [1.165, 1.54) is 7.11 Å². The highest BCUT2D eigenvalue weighted by atomic mass is 16.5. The molecule has 6 heteroatoms. The second-order valence-corrected chi connectivity index (χ2v) is 4.36. The van der Waals surface area contributed by atoms with Crippen LogP contribution < -0.4 is 10.2 Å². The molecule has 1 aromatic rings. The van der Waals surface area contributed by atoms with Crippen molar-refractivity contribution < 1.29 is 14.3 Å². The molecular formula is C13H17N3O3. The molecule has 1 atom stereocenters.